The lowest BCUT2D eigenvalue weighted by atomic mass is 10.1. The van der Waals surface area contributed by atoms with Crippen molar-refractivity contribution >= 4 is 12.4 Å². The summed E-state index contributed by atoms with van der Waals surface area (Å²) in [4.78, 5) is 4.08. The average Bonchev–Trinajstić information content (AvgIpc) is 2.67. The lowest BCUT2D eigenvalue weighted by Gasteiger charge is -2.02. The van der Waals surface area contributed by atoms with Crippen LogP contribution >= 0.6 is 0 Å². The predicted octanol–water partition coefficient (Wildman–Crippen LogP) is 3.59. The summed E-state index contributed by atoms with van der Waals surface area (Å²) in [7, 11) is 0. The van der Waals surface area contributed by atoms with E-state index in [2.05, 4.69) is 42.0 Å². The molecule has 72 valence electrons. The van der Waals surface area contributed by atoms with Crippen LogP contribution in [0.3, 0.4) is 0 Å². The second-order valence-corrected chi connectivity index (χ2v) is 3.80. The molecule has 0 unspecified atom stereocenters. The van der Waals surface area contributed by atoms with Gasteiger partial charge in [-0.2, -0.15) is 0 Å². The van der Waals surface area contributed by atoms with Crippen LogP contribution in [0, 0.1) is 0 Å². The molecule has 2 aromatic carbocycles. The maximum atomic E-state index is 4.08. The van der Waals surface area contributed by atoms with E-state index in [1.807, 2.05) is 12.1 Å². The Bertz CT molecular complexity index is 541. The number of aliphatic imine (C=N–C) groups is 1. The fourth-order valence-electron chi connectivity index (χ4n) is 2.29. The highest BCUT2D eigenvalue weighted by atomic mass is 14.7. The van der Waals surface area contributed by atoms with Crippen LogP contribution in [0.25, 0.3) is 11.1 Å². The molecule has 0 heterocycles. The molecular weight excluding hydrogens is 182 g/mol. The molecule has 0 fully saturated rings. The second kappa shape index (κ2) is 3.06. The maximum absolute atomic E-state index is 4.08. The first-order chi connectivity index (χ1) is 7.40. The number of benzene rings is 2. The summed E-state index contributed by atoms with van der Waals surface area (Å²) in [6.07, 6.45) is 0.987. The zero-order valence-electron chi connectivity index (χ0n) is 8.40. The van der Waals surface area contributed by atoms with Gasteiger partial charge in [0.2, 0.25) is 0 Å². The molecule has 0 bridgehead atoms. The van der Waals surface area contributed by atoms with Gasteiger partial charge in [-0.25, -0.2) is 0 Å². The Kier molecular flexibility index (Phi) is 1.72. The SMILES string of the molecule is C=Nc1cccc2c1Cc1ccccc1-2. The van der Waals surface area contributed by atoms with Crippen LogP contribution in [-0.4, -0.2) is 6.72 Å². The van der Waals surface area contributed by atoms with Crippen molar-refractivity contribution in [3.05, 3.63) is 53.6 Å². The third-order valence-electron chi connectivity index (χ3n) is 3.00. The highest BCUT2D eigenvalue weighted by Gasteiger charge is 2.19. The van der Waals surface area contributed by atoms with E-state index in [-0.39, 0.29) is 0 Å². The first kappa shape index (κ1) is 8.42. The van der Waals surface area contributed by atoms with Gasteiger partial charge in [0.1, 0.15) is 0 Å². The van der Waals surface area contributed by atoms with Gasteiger partial charge in [-0.15, -0.1) is 0 Å². The molecule has 0 saturated heterocycles. The normalized spacial score (nSPS) is 12.0. The summed E-state index contributed by atoms with van der Waals surface area (Å²) in [6.45, 7) is 3.62. The van der Waals surface area contributed by atoms with Crippen molar-refractivity contribution in [2.24, 2.45) is 4.99 Å². The zero-order chi connectivity index (χ0) is 10.3. The number of rotatable bonds is 1. The van der Waals surface area contributed by atoms with E-state index in [1.54, 1.807) is 0 Å². The largest absolute Gasteiger partial charge is 0.264 e. The number of hydrogen-bond acceptors (Lipinski definition) is 1. The van der Waals surface area contributed by atoms with Crippen LogP contribution in [0.1, 0.15) is 11.1 Å². The topological polar surface area (TPSA) is 12.4 Å². The number of fused-ring (bicyclic) bond motifs is 3. The summed E-state index contributed by atoms with van der Waals surface area (Å²) >= 11 is 0. The van der Waals surface area contributed by atoms with Gasteiger partial charge in [0.25, 0.3) is 0 Å². The summed E-state index contributed by atoms with van der Waals surface area (Å²) < 4.78 is 0. The molecule has 1 nitrogen and oxygen atoms in total. The number of hydrogen-bond donors (Lipinski definition) is 0. The minimum Gasteiger partial charge on any atom is -0.264 e. The first-order valence-electron chi connectivity index (χ1n) is 5.07. The molecule has 0 aliphatic heterocycles. The average molecular weight is 193 g/mol. The van der Waals surface area contributed by atoms with E-state index in [1.165, 1.54) is 22.3 Å². The zero-order valence-corrected chi connectivity index (χ0v) is 8.40. The van der Waals surface area contributed by atoms with Crippen LogP contribution in [-0.2, 0) is 6.42 Å². The summed E-state index contributed by atoms with van der Waals surface area (Å²) in [5.74, 6) is 0. The fraction of sp³-hybridized carbons (Fsp3) is 0.0714. The van der Waals surface area contributed by atoms with Crippen molar-refractivity contribution in [3.8, 4) is 11.1 Å². The molecule has 0 atom stereocenters. The Morgan fingerprint density at radius 3 is 2.60 bits per heavy atom. The molecule has 15 heavy (non-hydrogen) atoms. The van der Waals surface area contributed by atoms with Crippen molar-refractivity contribution in [2.45, 2.75) is 6.42 Å². The van der Waals surface area contributed by atoms with E-state index in [9.17, 15) is 0 Å². The second-order valence-electron chi connectivity index (χ2n) is 3.80. The first-order valence-corrected chi connectivity index (χ1v) is 5.07. The minimum atomic E-state index is 0.987. The van der Waals surface area contributed by atoms with Crippen LogP contribution in [0.2, 0.25) is 0 Å². The molecule has 2 aromatic rings. The van der Waals surface area contributed by atoms with Crippen molar-refractivity contribution < 1.29 is 0 Å². The predicted molar refractivity (Wildman–Crippen MR) is 63.9 cm³/mol. The monoisotopic (exact) mass is 193 g/mol. The van der Waals surface area contributed by atoms with Gasteiger partial charge in [0, 0.05) is 6.42 Å². The smallest absolute Gasteiger partial charge is 0.0663 e. The fourth-order valence-corrected chi connectivity index (χ4v) is 2.29. The highest BCUT2D eigenvalue weighted by molar-refractivity contribution is 5.81. The molecule has 0 aromatic heterocycles. The Morgan fingerprint density at radius 1 is 0.933 bits per heavy atom. The lowest BCUT2D eigenvalue weighted by Crippen LogP contribution is -1.80. The van der Waals surface area contributed by atoms with Crippen LogP contribution in [0.5, 0.6) is 0 Å². The van der Waals surface area contributed by atoms with Crippen molar-refractivity contribution in [2.75, 3.05) is 0 Å². The minimum absolute atomic E-state index is 0.987. The van der Waals surface area contributed by atoms with Crippen molar-refractivity contribution in [3.63, 3.8) is 0 Å². The highest BCUT2D eigenvalue weighted by Crippen LogP contribution is 2.40. The molecule has 0 N–H and O–H groups in total. The Labute approximate surface area is 89.1 Å². The van der Waals surface area contributed by atoms with E-state index >= 15 is 0 Å². The van der Waals surface area contributed by atoms with Crippen molar-refractivity contribution in [1.29, 1.82) is 0 Å². The van der Waals surface area contributed by atoms with Gasteiger partial charge in [0.05, 0.1) is 5.69 Å². The maximum Gasteiger partial charge on any atom is 0.0663 e. The van der Waals surface area contributed by atoms with E-state index in [0.717, 1.165) is 12.1 Å². The Hall–Kier alpha value is -1.89. The molecule has 0 radical (unpaired) electrons. The van der Waals surface area contributed by atoms with Gasteiger partial charge in [-0.1, -0.05) is 36.4 Å². The standard InChI is InChI=1S/C14H11N/c1-15-14-8-4-7-12-11-6-3-2-5-10(11)9-13(12)14/h2-8H,1,9H2. The van der Waals surface area contributed by atoms with Gasteiger partial charge in [-0.3, -0.25) is 4.99 Å². The molecule has 1 heteroatoms. The van der Waals surface area contributed by atoms with E-state index in [0.29, 0.717) is 0 Å². The Morgan fingerprint density at radius 2 is 1.73 bits per heavy atom. The molecule has 3 rings (SSSR count). The lowest BCUT2D eigenvalue weighted by molar-refractivity contribution is 1.25. The van der Waals surface area contributed by atoms with E-state index in [4.69, 9.17) is 0 Å². The molecular formula is C14H11N. The molecule has 1 aliphatic rings. The summed E-state index contributed by atoms with van der Waals surface area (Å²) in [5, 5.41) is 0. The molecule has 1 aliphatic carbocycles. The summed E-state index contributed by atoms with van der Waals surface area (Å²) in [5.41, 5.74) is 6.38. The van der Waals surface area contributed by atoms with Crippen LogP contribution in [0.4, 0.5) is 5.69 Å². The van der Waals surface area contributed by atoms with Crippen LogP contribution in [0.15, 0.2) is 47.5 Å². The quantitative estimate of drug-likeness (QED) is 0.524. The van der Waals surface area contributed by atoms with Gasteiger partial charge in [-0.05, 0) is 35.0 Å². The van der Waals surface area contributed by atoms with Gasteiger partial charge < -0.3 is 0 Å². The number of nitrogens with zero attached hydrogens (tertiary/aromatic N) is 1. The Balaban J connectivity index is 2.30. The van der Waals surface area contributed by atoms with Crippen LogP contribution < -0.4 is 0 Å². The molecule has 0 amide bonds. The van der Waals surface area contributed by atoms with E-state index < -0.39 is 0 Å². The van der Waals surface area contributed by atoms with Crippen molar-refractivity contribution in [1.82, 2.24) is 0 Å². The van der Waals surface area contributed by atoms with Gasteiger partial charge >= 0.3 is 0 Å². The molecule has 0 saturated carbocycles. The molecule has 0 spiro atoms. The summed E-state index contributed by atoms with van der Waals surface area (Å²) in [6, 6.07) is 14.8. The van der Waals surface area contributed by atoms with Gasteiger partial charge in [0.15, 0.2) is 0 Å². The third-order valence-corrected chi connectivity index (χ3v) is 3.00. The third kappa shape index (κ3) is 1.13.